The fourth-order valence-electron chi connectivity index (χ4n) is 3.39. The van der Waals surface area contributed by atoms with Gasteiger partial charge in [0.25, 0.3) is 0 Å². The number of methoxy groups -OCH3 is 1. The molecule has 0 saturated carbocycles. The van der Waals surface area contributed by atoms with Crippen molar-refractivity contribution in [3.05, 3.63) is 11.6 Å². The molecule has 5 heteroatoms. The fraction of sp³-hybridized carbons (Fsp3) is 0.833. The maximum Gasteiger partial charge on any atom is 0.237 e. The van der Waals surface area contributed by atoms with Gasteiger partial charge >= 0.3 is 0 Å². The van der Waals surface area contributed by atoms with Crippen LogP contribution in [0.2, 0.25) is 0 Å². The fourth-order valence-corrected chi connectivity index (χ4v) is 3.39. The van der Waals surface area contributed by atoms with Gasteiger partial charge in [-0.3, -0.25) is 14.6 Å². The lowest BCUT2D eigenvalue weighted by Crippen LogP contribution is -2.54. The second-order valence-corrected chi connectivity index (χ2v) is 6.70. The Balaban J connectivity index is 1.63. The highest BCUT2D eigenvalue weighted by molar-refractivity contribution is 5.81. The summed E-state index contributed by atoms with van der Waals surface area (Å²) in [5, 5.41) is 3.12. The largest absolute Gasteiger partial charge is 0.383 e. The Bertz CT molecular complexity index is 390. The van der Waals surface area contributed by atoms with Crippen LogP contribution in [0.3, 0.4) is 0 Å². The van der Waals surface area contributed by atoms with Crippen molar-refractivity contribution in [3.8, 4) is 0 Å². The molecule has 132 valence electrons. The first-order valence-electron chi connectivity index (χ1n) is 9.11. The molecule has 1 aliphatic carbocycles. The van der Waals surface area contributed by atoms with Crippen LogP contribution in [-0.4, -0.2) is 74.7 Å². The predicted octanol–water partition coefficient (Wildman–Crippen LogP) is 1.65. The first kappa shape index (κ1) is 18.4. The summed E-state index contributed by atoms with van der Waals surface area (Å²) in [5.41, 5.74) is 1.52. The molecule has 0 aromatic heterocycles. The number of piperazine rings is 1. The summed E-state index contributed by atoms with van der Waals surface area (Å²) >= 11 is 0. The number of carbonyl (C=O) groups is 1. The van der Waals surface area contributed by atoms with E-state index in [2.05, 4.69) is 21.2 Å². The highest BCUT2D eigenvalue weighted by atomic mass is 16.5. The average molecular weight is 323 g/mol. The molecule has 1 saturated heterocycles. The summed E-state index contributed by atoms with van der Waals surface area (Å²) in [6, 6.07) is -0.0279. The zero-order valence-corrected chi connectivity index (χ0v) is 14.9. The number of allylic oxidation sites excluding steroid dienone is 1. The van der Waals surface area contributed by atoms with Crippen LogP contribution in [0, 0.1) is 0 Å². The topological polar surface area (TPSA) is 44.8 Å². The molecule has 0 bridgehead atoms. The van der Waals surface area contributed by atoms with Crippen molar-refractivity contribution >= 4 is 5.91 Å². The van der Waals surface area contributed by atoms with Gasteiger partial charge in [-0.2, -0.15) is 0 Å². The molecule has 1 N–H and O–H groups in total. The normalized spacial score (nSPS) is 21.7. The summed E-state index contributed by atoms with van der Waals surface area (Å²) in [5.74, 6) is 0.173. The van der Waals surface area contributed by atoms with Crippen LogP contribution in [0.15, 0.2) is 11.6 Å². The highest BCUT2D eigenvalue weighted by Crippen LogP contribution is 2.19. The van der Waals surface area contributed by atoms with Crippen molar-refractivity contribution in [2.24, 2.45) is 0 Å². The SMILES string of the molecule is COCCN1CCN([C@@H](C)C(=O)NCCC2=CCCCC2)CC1. The third kappa shape index (κ3) is 6.24. The first-order valence-corrected chi connectivity index (χ1v) is 9.11. The molecule has 2 rings (SSSR count). The minimum atomic E-state index is -0.0279. The van der Waals surface area contributed by atoms with Crippen LogP contribution in [0.5, 0.6) is 0 Å². The summed E-state index contributed by atoms with van der Waals surface area (Å²) in [7, 11) is 1.74. The minimum Gasteiger partial charge on any atom is -0.383 e. The van der Waals surface area contributed by atoms with Gasteiger partial charge in [-0.15, -0.1) is 0 Å². The van der Waals surface area contributed by atoms with E-state index < -0.39 is 0 Å². The quantitative estimate of drug-likeness (QED) is 0.690. The van der Waals surface area contributed by atoms with Crippen molar-refractivity contribution in [1.82, 2.24) is 15.1 Å². The number of amides is 1. The number of nitrogens with one attached hydrogen (secondary N) is 1. The van der Waals surface area contributed by atoms with E-state index in [-0.39, 0.29) is 11.9 Å². The summed E-state index contributed by atoms with van der Waals surface area (Å²) in [6.45, 7) is 8.55. The Morgan fingerprint density at radius 1 is 1.30 bits per heavy atom. The van der Waals surface area contributed by atoms with Crippen molar-refractivity contribution in [1.29, 1.82) is 0 Å². The Morgan fingerprint density at radius 2 is 2.09 bits per heavy atom. The lowest BCUT2D eigenvalue weighted by atomic mass is 9.97. The lowest BCUT2D eigenvalue weighted by Gasteiger charge is -2.37. The van der Waals surface area contributed by atoms with Gasteiger partial charge in [0, 0.05) is 46.4 Å². The van der Waals surface area contributed by atoms with E-state index in [1.165, 1.54) is 31.3 Å². The molecular formula is C18H33N3O2. The van der Waals surface area contributed by atoms with Gasteiger partial charge < -0.3 is 10.1 Å². The van der Waals surface area contributed by atoms with E-state index in [9.17, 15) is 4.79 Å². The Hall–Kier alpha value is -0.910. The van der Waals surface area contributed by atoms with Crippen molar-refractivity contribution < 1.29 is 9.53 Å². The lowest BCUT2D eigenvalue weighted by molar-refractivity contribution is -0.126. The molecule has 1 heterocycles. The number of hydrogen-bond acceptors (Lipinski definition) is 4. The molecule has 1 atom stereocenters. The monoisotopic (exact) mass is 323 g/mol. The van der Waals surface area contributed by atoms with Gasteiger partial charge in [0.15, 0.2) is 0 Å². The van der Waals surface area contributed by atoms with Gasteiger partial charge in [-0.1, -0.05) is 11.6 Å². The van der Waals surface area contributed by atoms with Crippen molar-refractivity contribution in [2.45, 2.75) is 45.1 Å². The second-order valence-electron chi connectivity index (χ2n) is 6.70. The van der Waals surface area contributed by atoms with Crippen LogP contribution in [-0.2, 0) is 9.53 Å². The molecule has 0 aromatic rings. The zero-order chi connectivity index (χ0) is 16.5. The summed E-state index contributed by atoms with van der Waals surface area (Å²) < 4.78 is 5.13. The minimum absolute atomic E-state index is 0.0279. The average Bonchev–Trinajstić information content (AvgIpc) is 2.60. The molecule has 1 fully saturated rings. The predicted molar refractivity (Wildman–Crippen MR) is 93.5 cm³/mol. The molecule has 1 amide bonds. The maximum atomic E-state index is 12.3. The van der Waals surface area contributed by atoms with Crippen LogP contribution in [0.1, 0.15) is 39.0 Å². The van der Waals surface area contributed by atoms with E-state index in [1.54, 1.807) is 7.11 Å². The van der Waals surface area contributed by atoms with Crippen molar-refractivity contribution in [3.63, 3.8) is 0 Å². The Kier molecular flexibility index (Phi) is 8.06. The standard InChI is InChI=1S/C18H33N3O2/c1-16(21-12-10-20(11-13-21)14-15-23-2)18(22)19-9-8-17-6-4-3-5-7-17/h6,16H,3-5,7-15H2,1-2H3,(H,19,22)/t16-/m0/s1. The molecule has 23 heavy (non-hydrogen) atoms. The highest BCUT2D eigenvalue weighted by Gasteiger charge is 2.25. The molecule has 0 radical (unpaired) electrons. The number of hydrogen-bond donors (Lipinski definition) is 1. The summed E-state index contributed by atoms with van der Waals surface area (Å²) in [4.78, 5) is 17.0. The Labute approximate surface area is 141 Å². The van der Waals surface area contributed by atoms with E-state index in [4.69, 9.17) is 4.74 Å². The van der Waals surface area contributed by atoms with Gasteiger partial charge in [-0.25, -0.2) is 0 Å². The smallest absolute Gasteiger partial charge is 0.237 e. The van der Waals surface area contributed by atoms with Crippen LogP contribution in [0.25, 0.3) is 0 Å². The first-order chi connectivity index (χ1) is 11.2. The third-order valence-electron chi connectivity index (χ3n) is 5.08. The number of rotatable bonds is 8. The van der Waals surface area contributed by atoms with E-state index >= 15 is 0 Å². The number of carbonyl (C=O) groups excluding carboxylic acids is 1. The van der Waals surface area contributed by atoms with Gasteiger partial charge in [0.2, 0.25) is 5.91 Å². The van der Waals surface area contributed by atoms with E-state index in [1.807, 2.05) is 6.92 Å². The van der Waals surface area contributed by atoms with Crippen LogP contribution >= 0.6 is 0 Å². The van der Waals surface area contributed by atoms with Crippen LogP contribution in [0.4, 0.5) is 0 Å². The third-order valence-corrected chi connectivity index (χ3v) is 5.08. The second kappa shape index (κ2) is 10.1. The maximum absolute atomic E-state index is 12.3. The molecule has 0 aromatic carbocycles. The zero-order valence-electron chi connectivity index (χ0n) is 14.9. The van der Waals surface area contributed by atoms with E-state index in [0.29, 0.717) is 0 Å². The molecule has 0 spiro atoms. The van der Waals surface area contributed by atoms with Crippen LogP contribution < -0.4 is 5.32 Å². The molecular weight excluding hydrogens is 290 g/mol. The van der Waals surface area contributed by atoms with Gasteiger partial charge in [0.05, 0.1) is 12.6 Å². The molecule has 5 nitrogen and oxygen atoms in total. The van der Waals surface area contributed by atoms with E-state index in [0.717, 1.165) is 52.3 Å². The molecule has 0 unspecified atom stereocenters. The van der Waals surface area contributed by atoms with Gasteiger partial charge in [0.1, 0.15) is 0 Å². The molecule has 1 aliphatic heterocycles. The number of ether oxygens (including phenoxy) is 1. The summed E-state index contributed by atoms with van der Waals surface area (Å²) in [6.07, 6.45) is 8.44. The molecule has 2 aliphatic rings. The Morgan fingerprint density at radius 3 is 2.74 bits per heavy atom. The number of nitrogens with zero attached hydrogens (tertiary/aromatic N) is 2. The van der Waals surface area contributed by atoms with Gasteiger partial charge in [-0.05, 0) is 39.0 Å². The van der Waals surface area contributed by atoms with Crippen molar-refractivity contribution in [2.75, 3.05) is 53.0 Å².